The lowest BCUT2D eigenvalue weighted by Crippen LogP contribution is -2.46. The summed E-state index contributed by atoms with van der Waals surface area (Å²) < 4.78 is 42.3. The minimum atomic E-state index is -0.812. The Balaban J connectivity index is 1.44. The van der Waals surface area contributed by atoms with Gasteiger partial charge < -0.3 is 14.4 Å². The molecule has 1 aromatic carbocycles. The summed E-state index contributed by atoms with van der Waals surface area (Å²) in [4.78, 5) is 27.3. The normalized spacial score (nSPS) is 19.3. The number of hydrazine groups is 1. The van der Waals surface area contributed by atoms with Gasteiger partial charge in [-0.3, -0.25) is 4.90 Å². The van der Waals surface area contributed by atoms with Crippen LogP contribution in [0.5, 0.6) is 0 Å². The van der Waals surface area contributed by atoms with E-state index in [9.17, 15) is 9.59 Å². The molecule has 0 unspecified atom stereocenters. The molecule has 2 aliphatic rings. The smallest absolute Gasteiger partial charge is 0.424 e. The molecule has 0 radical (unpaired) electrons. The van der Waals surface area contributed by atoms with Crippen LogP contribution in [0.15, 0.2) is 24.5 Å². The number of nitrogens with one attached hydrogen (secondary N) is 1. The summed E-state index contributed by atoms with van der Waals surface area (Å²) in [5.74, 6) is -1.62. The van der Waals surface area contributed by atoms with Crippen LogP contribution in [-0.4, -0.2) is 76.6 Å². The summed E-state index contributed by atoms with van der Waals surface area (Å²) in [5, 5.41) is 8.82. The molecule has 3 heterocycles. The van der Waals surface area contributed by atoms with Crippen LogP contribution in [0.2, 0.25) is 0 Å². The van der Waals surface area contributed by atoms with Gasteiger partial charge in [-0.05, 0) is 20.8 Å². The maximum atomic E-state index is 15.1. The lowest BCUT2D eigenvalue weighted by molar-refractivity contribution is 0.0161. The second-order valence-corrected chi connectivity index (χ2v) is 9.03. The zero-order valence-corrected chi connectivity index (χ0v) is 19.2. The maximum Gasteiger partial charge on any atom is 0.424 e. The molecule has 0 spiro atoms. The molecule has 1 N–H and O–H groups in total. The lowest BCUT2D eigenvalue weighted by atomic mass is 10.2. The Morgan fingerprint density at radius 1 is 1.24 bits per heavy atom. The average molecular weight is 479 g/mol. The van der Waals surface area contributed by atoms with Crippen molar-refractivity contribution in [3.63, 3.8) is 0 Å². The quantitative estimate of drug-likeness (QED) is 0.711. The molecule has 13 heteroatoms. The van der Waals surface area contributed by atoms with Crippen LogP contribution in [0.25, 0.3) is 0 Å². The molecule has 2 fully saturated rings. The Kier molecular flexibility index (Phi) is 6.55. The van der Waals surface area contributed by atoms with E-state index in [1.165, 1.54) is 25.7 Å². The molecule has 2 amide bonds. The van der Waals surface area contributed by atoms with E-state index in [0.29, 0.717) is 0 Å². The zero-order valence-electron chi connectivity index (χ0n) is 19.2. The minimum Gasteiger partial charge on any atom is -0.443 e. The van der Waals surface area contributed by atoms with E-state index in [1.807, 2.05) is 0 Å². The van der Waals surface area contributed by atoms with Gasteiger partial charge in [0.2, 0.25) is 0 Å². The molecule has 184 valence electrons. The monoisotopic (exact) mass is 479 g/mol. The average Bonchev–Trinajstić information content (AvgIpc) is 3.30. The number of halogens is 2. The van der Waals surface area contributed by atoms with E-state index < -0.39 is 35.5 Å². The molecular weight excluding hydrogens is 452 g/mol. The number of carbonyl (C=O) groups is 2. The molecule has 2 aliphatic heterocycles. The predicted molar refractivity (Wildman–Crippen MR) is 117 cm³/mol. The Morgan fingerprint density at radius 2 is 1.97 bits per heavy atom. The largest absolute Gasteiger partial charge is 0.443 e. The number of hydrogen-bond acceptors (Lipinski definition) is 8. The van der Waals surface area contributed by atoms with E-state index in [0.717, 1.165) is 12.1 Å². The first-order chi connectivity index (χ1) is 16.1. The number of hydrogen-bond donors (Lipinski definition) is 1. The van der Waals surface area contributed by atoms with Crippen molar-refractivity contribution in [1.82, 2.24) is 25.4 Å². The van der Waals surface area contributed by atoms with Crippen molar-refractivity contribution < 1.29 is 27.8 Å². The molecule has 11 nitrogen and oxygen atoms in total. The molecule has 1 aromatic heterocycles. The summed E-state index contributed by atoms with van der Waals surface area (Å²) >= 11 is 0. The van der Waals surface area contributed by atoms with Crippen molar-refractivity contribution in [3.8, 4) is 0 Å². The van der Waals surface area contributed by atoms with Crippen molar-refractivity contribution in [1.29, 1.82) is 0 Å². The van der Waals surface area contributed by atoms with Gasteiger partial charge in [0.15, 0.2) is 11.6 Å². The van der Waals surface area contributed by atoms with Crippen LogP contribution in [0.4, 0.5) is 29.7 Å². The van der Waals surface area contributed by atoms with Crippen LogP contribution < -0.4 is 15.2 Å². The predicted octanol–water partition coefficient (Wildman–Crippen LogP) is 2.14. The molecule has 1 atom stereocenters. The summed E-state index contributed by atoms with van der Waals surface area (Å²) in [5.41, 5.74) is 2.10. The Morgan fingerprint density at radius 3 is 2.62 bits per heavy atom. The summed E-state index contributed by atoms with van der Waals surface area (Å²) in [6.45, 7) is 6.57. The highest BCUT2D eigenvalue weighted by Crippen LogP contribution is 2.31. The van der Waals surface area contributed by atoms with Crippen LogP contribution in [0.1, 0.15) is 20.8 Å². The highest BCUT2D eigenvalue weighted by atomic mass is 19.1. The van der Waals surface area contributed by atoms with Gasteiger partial charge in [0.25, 0.3) is 0 Å². The summed E-state index contributed by atoms with van der Waals surface area (Å²) in [6.07, 6.45) is 1.35. The number of nitrogens with zero attached hydrogens (tertiary/aromatic N) is 6. The van der Waals surface area contributed by atoms with E-state index in [2.05, 4.69) is 15.7 Å². The number of aromatic nitrogens is 3. The van der Waals surface area contributed by atoms with Gasteiger partial charge >= 0.3 is 12.2 Å². The molecule has 2 aromatic rings. The molecule has 34 heavy (non-hydrogen) atoms. The third-order valence-corrected chi connectivity index (χ3v) is 5.26. The fraction of sp³-hybridized carbons (Fsp3) is 0.524. The Bertz CT molecular complexity index is 1020. The van der Waals surface area contributed by atoms with Gasteiger partial charge in [-0.15, -0.1) is 5.10 Å². The first kappa shape index (κ1) is 23.7. The Labute approximate surface area is 195 Å². The fourth-order valence-corrected chi connectivity index (χ4v) is 3.80. The Hall–Kier alpha value is -3.48. The zero-order chi connectivity index (χ0) is 24.5. The van der Waals surface area contributed by atoms with Gasteiger partial charge in [0.05, 0.1) is 31.5 Å². The maximum absolute atomic E-state index is 15.1. The van der Waals surface area contributed by atoms with E-state index in [1.54, 1.807) is 27.0 Å². The number of rotatable bonds is 4. The molecule has 4 rings (SSSR count). The van der Waals surface area contributed by atoms with E-state index in [4.69, 9.17) is 9.47 Å². The molecular formula is C21H27F2N7O4. The third-order valence-electron chi connectivity index (χ3n) is 5.26. The van der Waals surface area contributed by atoms with E-state index >= 15 is 8.78 Å². The number of amides is 2. The van der Waals surface area contributed by atoms with Gasteiger partial charge in [-0.25, -0.2) is 33.5 Å². The first-order valence-corrected chi connectivity index (χ1v) is 10.9. The van der Waals surface area contributed by atoms with Crippen molar-refractivity contribution >= 4 is 23.6 Å². The summed E-state index contributed by atoms with van der Waals surface area (Å²) in [7, 11) is 0. The first-order valence-electron chi connectivity index (χ1n) is 10.9. The second kappa shape index (κ2) is 9.41. The lowest BCUT2D eigenvalue weighted by Gasteiger charge is -2.27. The number of ether oxygens (including phenoxy) is 2. The van der Waals surface area contributed by atoms with Gasteiger partial charge in [-0.1, -0.05) is 5.21 Å². The van der Waals surface area contributed by atoms with Crippen LogP contribution in [0, 0.1) is 11.6 Å². The van der Waals surface area contributed by atoms with Crippen molar-refractivity contribution in [2.24, 2.45) is 0 Å². The summed E-state index contributed by atoms with van der Waals surface area (Å²) in [6, 6.07) is 2.23. The van der Waals surface area contributed by atoms with E-state index in [-0.39, 0.29) is 50.6 Å². The van der Waals surface area contributed by atoms with Gasteiger partial charge in [0, 0.05) is 38.0 Å². The minimum absolute atomic E-state index is 0.0631. The number of anilines is 2. The van der Waals surface area contributed by atoms with Crippen molar-refractivity contribution in [2.75, 3.05) is 42.5 Å². The highest BCUT2D eigenvalue weighted by molar-refractivity contribution is 5.90. The SMILES string of the molecule is CC(C)(C)OC(=O)N1CCN(c2c(F)cc(N3C[C@H](Cn4ccnn4)OC3=O)cc2F)CCN1. The molecule has 2 saturated heterocycles. The molecule has 0 saturated carbocycles. The number of cyclic esters (lactones) is 1. The fourth-order valence-electron chi connectivity index (χ4n) is 3.80. The highest BCUT2D eigenvalue weighted by Gasteiger charge is 2.34. The molecule has 0 bridgehead atoms. The van der Waals surface area contributed by atoms with Crippen molar-refractivity contribution in [3.05, 3.63) is 36.2 Å². The van der Waals surface area contributed by atoms with Crippen molar-refractivity contribution in [2.45, 2.75) is 39.0 Å². The topological polar surface area (TPSA) is 105 Å². The third kappa shape index (κ3) is 5.35. The number of benzene rings is 1. The van der Waals surface area contributed by atoms with Crippen LogP contribution in [0.3, 0.4) is 0 Å². The van der Waals surface area contributed by atoms with Gasteiger partial charge in [0.1, 0.15) is 17.4 Å². The van der Waals surface area contributed by atoms with Gasteiger partial charge in [-0.2, -0.15) is 0 Å². The standard InChI is InChI=1S/C21H27F2N7O4/c1-21(2,3)34-20(32)30-9-8-27(6-5-25-30)18-16(22)10-14(11-17(18)23)29-13-15(33-19(29)31)12-28-7-4-24-26-28/h4,7,10-11,15,25H,5-6,8-9,12-13H2,1-3H3/t15-/m0/s1. The second-order valence-electron chi connectivity index (χ2n) is 9.03. The number of carbonyl (C=O) groups excluding carboxylic acids is 2. The van der Waals surface area contributed by atoms with Crippen LogP contribution in [-0.2, 0) is 16.0 Å². The molecule has 0 aliphatic carbocycles. The van der Waals surface area contributed by atoms with Crippen LogP contribution >= 0.6 is 0 Å².